The van der Waals surface area contributed by atoms with Gasteiger partial charge in [0.2, 0.25) is 0 Å². The number of carbonyl (C=O) groups excluding carboxylic acids is 1. The maximum atomic E-state index is 13.0. The van der Waals surface area contributed by atoms with E-state index in [9.17, 15) is 9.18 Å². The molecule has 0 aliphatic carbocycles. The SMILES string of the molecule is COc1cn(-c2ccc(F)cc2)nc1C(=O)Nc1cccc(C)c1. The predicted octanol–water partition coefficient (Wildman–Crippen LogP) is 3.58. The van der Waals surface area contributed by atoms with Crippen molar-refractivity contribution in [2.24, 2.45) is 0 Å². The Hall–Kier alpha value is -3.15. The second-order valence-electron chi connectivity index (χ2n) is 5.29. The summed E-state index contributed by atoms with van der Waals surface area (Å²) in [6, 6.07) is 13.3. The molecule has 1 amide bonds. The molecule has 2 aromatic carbocycles. The zero-order chi connectivity index (χ0) is 17.1. The van der Waals surface area contributed by atoms with Crippen LogP contribution in [0.5, 0.6) is 5.75 Å². The molecule has 3 aromatic rings. The van der Waals surface area contributed by atoms with E-state index in [1.54, 1.807) is 24.4 Å². The fourth-order valence-electron chi connectivity index (χ4n) is 2.30. The molecule has 0 aliphatic heterocycles. The summed E-state index contributed by atoms with van der Waals surface area (Å²) in [5, 5.41) is 7.05. The molecule has 0 saturated heterocycles. The Labute approximate surface area is 138 Å². The second kappa shape index (κ2) is 6.54. The van der Waals surface area contributed by atoms with Gasteiger partial charge in [0.05, 0.1) is 19.0 Å². The van der Waals surface area contributed by atoms with E-state index in [0.29, 0.717) is 17.1 Å². The lowest BCUT2D eigenvalue weighted by Crippen LogP contribution is -2.14. The lowest BCUT2D eigenvalue weighted by Gasteiger charge is -2.05. The van der Waals surface area contributed by atoms with Crippen LogP contribution in [0.4, 0.5) is 10.1 Å². The molecule has 1 aromatic heterocycles. The molecular weight excluding hydrogens is 309 g/mol. The van der Waals surface area contributed by atoms with Gasteiger partial charge in [-0.15, -0.1) is 0 Å². The lowest BCUT2D eigenvalue weighted by molar-refractivity contribution is 0.101. The summed E-state index contributed by atoms with van der Waals surface area (Å²) >= 11 is 0. The van der Waals surface area contributed by atoms with Crippen molar-refractivity contribution in [3.8, 4) is 11.4 Å². The van der Waals surface area contributed by atoms with Crippen LogP contribution in [0, 0.1) is 12.7 Å². The van der Waals surface area contributed by atoms with Crippen LogP contribution in [0.2, 0.25) is 0 Å². The number of methoxy groups -OCH3 is 1. The monoisotopic (exact) mass is 325 g/mol. The van der Waals surface area contributed by atoms with Crippen molar-refractivity contribution in [3.63, 3.8) is 0 Å². The van der Waals surface area contributed by atoms with Crippen LogP contribution in [-0.2, 0) is 0 Å². The first-order valence-electron chi connectivity index (χ1n) is 7.34. The highest BCUT2D eigenvalue weighted by Gasteiger charge is 2.18. The highest BCUT2D eigenvalue weighted by Crippen LogP contribution is 2.21. The Morgan fingerprint density at radius 3 is 2.62 bits per heavy atom. The van der Waals surface area contributed by atoms with Crippen molar-refractivity contribution >= 4 is 11.6 Å². The molecule has 0 atom stereocenters. The minimum atomic E-state index is -0.377. The Morgan fingerprint density at radius 2 is 1.96 bits per heavy atom. The van der Waals surface area contributed by atoms with Crippen LogP contribution in [0.25, 0.3) is 5.69 Å². The Morgan fingerprint density at radius 1 is 1.21 bits per heavy atom. The molecule has 0 bridgehead atoms. The van der Waals surface area contributed by atoms with Crippen LogP contribution in [0.1, 0.15) is 16.1 Å². The van der Waals surface area contributed by atoms with Gasteiger partial charge in [0.1, 0.15) is 5.82 Å². The summed E-state index contributed by atoms with van der Waals surface area (Å²) in [7, 11) is 1.47. The van der Waals surface area contributed by atoms with Gasteiger partial charge < -0.3 is 10.1 Å². The topological polar surface area (TPSA) is 56.2 Å². The molecular formula is C18H16FN3O2. The normalized spacial score (nSPS) is 10.5. The van der Waals surface area contributed by atoms with Gasteiger partial charge in [-0.05, 0) is 48.9 Å². The predicted molar refractivity (Wildman–Crippen MR) is 89.2 cm³/mol. The molecule has 5 nitrogen and oxygen atoms in total. The average Bonchev–Trinajstić information content (AvgIpc) is 3.00. The molecule has 0 aliphatic rings. The van der Waals surface area contributed by atoms with Crippen molar-refractivity contribution in [1.29, 1.82) is 0 Å². The summed E-state index contributed by atoms with van der Waals surface area (Å²) in [4.78, 5) is 12.5. The number of hydrogen-bond donors (Lipinski definition) is 1. The number of aryl methyl sites for hydroxylation is 1. The van der Waals surface area contributed by atoms with Crippen LogP contribution in [0.3, 0.4) is 0 Å². The smallest absolute Gasteiger partial charge is 0.280 e. The van der Waals surface area contributed by atoms with Gasteiger partial charge in [-0.25, -0.2) is 9.07 Å². The minimum absolute atomic E-state index is 0.156. The molecule has 0 spiro atoms. The number of nitrogens with zero attached hydrogens (tertiary/aromatic N) is 2. The Kier molecular flexibility index (Phi) is 4.29. The number of anilines is 1. The largest absolute Gasteiger partial charge is 0.493 e. The Bertz CT molecular complexity index is 872. The van der Waals surface area contributed by atoms with Gasteiger partial charge in [0, 0.05) is 5.69 Å². The molecule has 3 rings (SSSR count). The van der Waals surface area contributed by atoms with E-state index >= 15 is 0 Å². The number of ether oxygens (including phenoxy) is 1. The number of benzene rings is 2. The van der Waals surface area contributed by atoms with E-state index < -0.39 is 0 Å². The third-order valence-corrected chi connectivity index (χ3v) is 3.48. The van der Waals surface area contributed by atoms with Crippen molar-refractivity contribution in [2.75, 3.05) is 12.4 Å². The van der Waals surface area contributed by atoms with Crippen molar-refractivity contribution in [2.45, 2.75) is 6.92 Å². The van der Waals surface area contributed by atoms with Crippen LogP contribution in [-0.4, -0.2) is 22.8 Å². The highest BCUT2D eigenvalue weighted by molar-refractivity contribution is 6.04. The molecule has 1 heterocycles. The standard InChI is InChI=1S/C18H16FN3O2/c1-12-4-3-5-14(10-12)20-18(23)17-16(24-2)11-22(21-17)15-8-6-13(19)7-9-15/h3-11H,1-2H3,(H,20,23). The minimum Gasteiger partial charge on any atom is -0.493 e. The summed E-state index contributed by atoms with van der Waals surface area (Å²) in [5.41, 5.74) is 2.50. The fourth-order valence-corrected chi connectivity index (χ4v) is 2.30. The summed E-state index contributed by atoms with van der Waals surface area (Å²) in [6.07, 6.45) is 1.58. The second-order valence-corrected chi connectivity index (χ2v) is 5.29. The van der Waals surface area contributed by atoms with E-state index in [-0.39, 0.29) is 17.4 Å². The highest BCUT2D eigenvalue weighted by atomic mass is 19.1. The first kappa shape index (κ1) is 15.7. The van der Waals surface area contributed by atoms with E-state index in [4.69, 9.17) is 4.74 Å². The van der Waals surface area contributed by atoms with Crippen LogP contribution >= 0.6 is 0 Å². The maximum absolute atomic E-state index is 13.0. The molecule has 1 N–H and O–H groups in total. The van der Waals surface area contributed by atoms with E-state index in [0.717, 1.165) is 5.56 Å². The molecule has 24 heavy (non-hydrogen) atoms. The molecule has 0 fully saturated rings. The fraction of sp³-hybridized carbons (Fsp3) is 0.111. The zero-order valence-corrected chi connectivity index (χ0v) is 13.3. The van der Waals surface area contributed by atoms with Gasteiger partial charge in [0.15, 0.2) is 11.4 Å². The number of nitrogens with one attached hydrogen (secondary N) is 1. The quantitative estimate of drug-likeness (QED) is 0.797. The summed E-state index contributed by atoms with van der Waals surface area (Å²) in [5.74, 6) is -0.377. The van der Waals surface area contributed by atoms with Crippen LogP contribution in [0.15, 0.2) is 54.7 Å². The van der Waals surface area contributed by atoms with Crippen molar-refractivity contribution in [3.05, 3.63) is 71.8 Å². The van der Waals surface area contributed by atoms with E-state index in [2.05, 4.69) is 10.4 Å². The third-order valence-electron chi connectivity index (χ3n) is 3.48. The molecule has 122 valence electrons. The first-order chi connectivity index (χ1) is 11.6. The maximum Gasteiger partial charge on any atom is 0.280 e. The van der Waals surface area contributed by atoms with Gasteiger partial charge in [-0.3, -0.25) is 4.79 Å². The number of rotatable bonds is 4. The van der Waals surface area contributed by atoms with E-state index in [1.165, 1.54) is 23.9 Å². The van der Waals surface area contributed by atoms with Gasteiger partial charge in [-0.1, -0.05) is 12.1 Å². The Balaban J connectivity index is 1.89. The molecule has 0 radical (unpaired) electrons. The van der Waals surface area contributed by atoms with Crippen molar-refractivity contribution < 1.29 is 13.9 Å². The number of aromatic nitrogens is 2. The zero-order valence-electron chi connectivity index (χ0n) is 13.3. The first-order valence-corrected chi connectivity index (χ1v) is 7.34. The average molecular weight is 325 g/mol. The van der Waals surface area contributed by atoms with Gasteiger partial charge >= 0.3 is 0 Å². The summed E-state index contributed by atoms with van der Waals surface area (Å²) < 4.78 is 19.7. The third kappa shape index (κ3) is 3.27. The van der Waals surface area contributed by atoms with Crippen LogP contribution < -0.4 is 10.1 Å². The van der Waals surface area contributed by atoms with Gasteiger partial charge in [0.25, 0.3) is 5.91 Å². The lowest BCUT2D eigenvalue weighted by atomic mass is 10.2. The number of amides is 1. The molecule has 6 heteroatoms. The summed E-state index contributed by atoms with van der Waals surface area (Å²) in [6.45, 7) is 1.94. The van der Waals surface area contributed by atoms with Gasteiger partial charge in [-0.2, -0.15) is 5.10 Å². The molecule has 0 unspecified atom stereocenters. The van der Waals surface area contributed by atoms with E-state index in [1.807, 2.05) is 25.1 Å². The number of hydrogen-bond acceptors (Lipinski definition) is 3. The number of halogens is 1. The molecule has 0 saturated carbocycles. The number of carbonyl (C=O) groups is 1. The van der Waals surface area contributed by atoms with Crippen molar-refractivity contribution in [1.82, 2.24) is 9.78 Å².